The molecule has 0 amide bonds. The molecule has 3 aliphatic heterocycles. The van der Waals surface area contributed by atoms with Crippen LogP contribution >= 0.6 is 26.0 Å². The number of methoxy groups -OCH3 is 1. The van der Waals surface area contributed by atoms with E-state index in [0.717, 1.165) is 18.6 Å². The van der Waals surface area contributed by atoms with Crippen LogP contribution in [0.5, 0.6) is 11.5 Å². The van der Waals surface area contributed by atoms with E-state index in [4.69, 9.17) is 42.8 Å². The van der Waals surface area contributed by atoms with Gasteiger partial charge in [-0.15, -0.1) is 0 Å². The highest BCUT2D eigenvalue weighted by molar-refractivity contribution is 8.54. The van der Waals surface area contributed by atoms with Crippen molar-refractivity contribution in [2.45, 2.75) is 55.0 Å². The fourth-order valence-corrected chi connectivity index (χ4v) is 10.8. The molecule has 6 heterocycles. The third-order valence-electron chi connectivity index (χ3n) is 9.47. The summed E-state index contributed by atoms with van der Waals surface area (Å²) >= 11 is 0.585. The first-order chi connectivity index (χ1) is 28.7. The number of anilines is 1. The Bertz CT molecular complexity index is 2600. The second kappa shape index (κ2) is 16.9. The van der Waals surface area contributed by atoms with Gasteiger partial charge in [-0.05, 0) is 53.3 Å². The number of phosphoric ester groups is 1. The number of nitrogens with zero attached hydrogens (tertiary/aromatic N) is 5. The molecule has 2 unspecified atom stereocenters. The number of aromatic amines is 1. The lowest BCUT2D eigenvalue weighted by Gasteiger charge is -2.27. The average Bonchev–Trinajstić information content (AvgIpc) is 3.89. The zero-order chi connectivity index (χ0) is 42.3. The number of aromatic nitrogens is 6. The molecule has 3 aromatic heterocycles. The Kier molecular flexibility index (Phi) is 11.8. The van der Waals surface area contributed by atoms with E-state index in [1.807, 2.05) is 4.98 Å². The van der Waals surface area contributed by atoms with Gasteiger partial charge in [0.05, 0.1) is 32.2 Å². The van der Waals surface area contributed by atoms with Crippen LogP contribution in [-0.4, -0.2) is 97.0 Å². The molecule has 2 aromatic carbocycles. The molecule has 4 N–H and O–H groups in total. The molecular formula is C34H33F2N7O14P2S. The molecular weight excluding hydrogens is 862 g/mol. The van der Waals surface area contributed by atoms with Crippen LogP contribution in [-0.2, 0) is 42.5 Å². The van der Waals surface area contributed by atoms with Gasteiger partial charge in [-0.25, -0.2) is 42.5 Å². The fraction of sp³-hybridized carbons (Fsp3) is 0.353. The SMILES string of the molecule is COc1ccc(C(=O)Oc2ccc(CSP3(=O)OC[C@H]4O[C@@H](n5ccc(=O)[nH]c5=O)[C@H](OP(=O)(O)OC[C@H]5O[C@@H](n6cnc7c(N)ncnc76)[C@H](O3)[C@@H]5F)[C@@H]4F)cc2)cc1. The van der Waals surface area contributed by atoms with Crippen molar-refractivity contribution in [2.75, 3.05) is 26.1 Å². The molecule has 21 nitrogen and oxygen atoms in total. The van der Waals surface area contributed by atoms with Crippen molar-refractivity contribution in [3.63, 3.8) is 0 Å². The van der Waals surface area contributed by atoms with Gasteiger partial charge in [0.2, 0.25) is 0 Å². The van der Waals surface area contributed by atoms with Gasteiger partial charge in [-0.1, -0.05) is 12.1 Å². The number of nitrogens with one attached hydrogen (secondary N) is 1. The largest absolute Gasteiger partial charge is 0.497 e. The number of H-pyrrole nitrogens is 1. The first-order valence-corrected chi connectivity index (χ1v) is 22.4. The summed E-state index contributed by atoms with van der Waals surface area (Å²) in [5.41, 5.74) is 5.03. The van der Waals surface area contributed by atoms with E-state index in [9.17, 15) is 28.4 Å². The van der Waals surface area contributed by atoms with Gasteiger partial charge < -0.3 is 29.6 Å². The maximum atomic E-state index is 16.6. The average molecular weight is 896 g/mol. The predicted molar refractivity (Wildman–Crippen MR) is 203 cm³/mol. The molecule has 318 valence electrons. The lowest BCUT2D eigenvalue weighted by Crippen LogP contribution is -2.38. The van der Waals surface area contributed by atoms with Crippen molar-refractivity contribution in [3.05, 3.63) is 105 Å². The lowest BCUT2D eigenvalue weighted by atomic mass is 10.1. The molecule has 0 aliphatic carbocycles. The van der Waals surface area contributed by atoms with Crippen LogP contribution in [0.25, 0.3) is 11.2 Å². The van der Waals surface area contributed by atoms with Crippen molar-refractivity contribution in [2.24, 2.45) is 0 Å². The van der Waals surface area contributed by atoms with E-state index >= 15 is 8.78 Å². The number of rotatable bonds is 8. The van der Waals surface area contributed by atoms with Crippen LogP contribution in [0.4, 0.5) is 14.6 Å². The maximum Gasteiger partial charge on any atom is 0.472 e. The van der Waals surface area contributed by atoms with Crippen LogP contribution in [0.15, 0.2) is 83.0 Å². The molecule has 3 aliphatic rings. The van der Waals surface area contributed by atoms with Gasteiger partial charge in [-0.3, -0.25) is 37.0 Å². The minimum atomic E-state index is -5.30. The van der Waals surface area contributed by atoms with Gasteiger partial charge in [-0.2, -0.15) is 0 Å². The van der Waals surface area contributed by atoms with E-state index in [2.05, 4.69) is 15.0 Å². The number of carbonyl (C=O) groups is 1. The maximum absolute atomic E-state index is 16.6. The highest BCUT2D eigenvalue weighted by atomic mass is 32.7. The van der Waals surface area contributed by atoms with Crippen molar-refractivity contribution < 1.29 is 64.6 Å². The number of benzene rings is 2. The number of hydrogen-bond donors (Lipinski definition) is 3. The van der Waals surface area contributed by atoms with Gasteiger partial charge in [0.25, 0.3) is 5.56 Å². The number of ether oxygens (including phenoxy) is 4. The van der Waals surface area contributed by atoms with Gasteiger partial charge in [0.15, 0.2) is 36.3 Å². The smallest absolute Gasteiger partial charge is 0.472 e. The number of hydrogen-bond acceptors (Lipinski definition) is 18. The van der Waals surface area contributed by atoms with Crippen molar-refractivity contribution in [1.82, 2.24) is 29.1 Å². The number of phosphoric acid groups is 1. The second-order valence-electron chi connectivity index (χ2n) is 13.3. The Morgan fingerprint density at radius 1 is 0.917 bits per heavy atom. The summed E-state index contributed by atoms with van der Waals surface area (Å²) in [5.74, 6) is -0.0371. The highest BCUT2D eigenvalue weighted by Gasteiger charge is 2.55. The van der Waals surface area contributed by atoms with Crippen LogP contribution in [0.3, 0.4) is 0 Å². The summed E-state index contributed by atoms with van der Waals surface area (Å²) in [6.45, 7) is -6.54. The minimum Gasteiger partial charge on any atom is -0.497 e. The molecule has 10 atom stereocenters. The summed E-state index contributed by atoms with van der Waals surface area (Å²) in [7, 11) is -3.80. The lowest BCUT2D eigenvalue weighted by molar-refractivity contribution is -0.0650. The summed E-state index contributed by atoms with van der Waals surface area (Å²) in [4.78, 5) is 62.1. The summed E-state index contributed by atoms with van der Waals surface area (Å²) < 4.78 is 107. The third kappa shape index (κ3) is 8.66. The van der Waals surface area contributed by atoms with E-state index in [1.54, 1.807) is 24.3 Å². The standard InChI is InChI=1S/C34H33F2N7O14P2S/c1-50-19-8-4-18(5-9-19)33(45)53-20-6-2-17(3-7-20)14-60-59(49)52-13-22-24(35)27(31(54-22)42-11-10-23(44)41-34(42)46)56-58(47,48)51-12-21-25(36)28(57-59)32(55-21)43-16-40-26-29(37)38-15-39-30(26)43/h2-11,15-16,21-22,24-25,27-28,31-32H,12-14H2,1H3,(H,47,48)(H2,37,38,39)(H,41,44,46)/t21-,22-,24-,25-,27-,28-,31-,32-,59?/m1/s1. The molecule has 5 aromatic rings. The number of alkyl halides is 2. The first-order valence-electron chi connectivity index (χ1n) is 17.7. The molecule has 8 rings (SSSR count). The molecule has 26 heteroatoms. The highest BCUT2D eigenvalue weighted by Crippen LogP contribution is 2.65. The number of imidazole rings is 1. The fourth-order valence-electron chi connectivity index (χ4n) is 6.48. The number of carbonyl (C=O) groups excluding carboxylic acids is 1. The molecule has 0 radical (unpaired) electrons. The number of esters is 1. The number of halogens is 2. The number of nitrogen functional groups attached to an aromatic ring is 1. The Hall–Kier alpha value is -4.87. The van der Waals surface area contributed by atoms with Crippen molar-refractivity contribution in [3.8, 4) is 11.5 Å². The first kappa shape index (κ1) is 41.8. The Balaban J connectivity index is 1.09. The zero-order valence-corrected chi connectivity index (χ0v) is 33.4. The van der Waals surface area contributed by atoms with Crippen LogP contribution in [0.2, 0.25) is 0 Å². The minimum absolute atomic E-state index is 0.0213. The summed E-state index contributed by atoms with van der Waals surface area (Å²) in [6.07, 6.45) is -12.0. The van der Waals surface area contributed by atoms with Crippen molar-refractivity contribution >= 4 is 49.0 Å². The van der Waals surface area contributed by atoms with Crippen LogP contribution < -0.4 is 26.5 Å². The van der Waals surface area contributed by atoms with Crippen molar-refractivity contribution in [1.29, 1.82) is 0 Å². The molecule has 3 fully saturated rings. The summed E-state index contributed by atoms with van der Waals surface area (Å²) in [5, 5.41) is 0. The Morgan fingerprint density at radius 2 is 1.57 bits per heavy atom. The normalized spacial score (nSPS) is 30.8. The molecule has 0 saturated carbocycles. The Labute approximate surface area is 339 Å². The zero-order valence-electron chi connectivity index (χ0n) is 30.8. The van der Waals surface area contributed by atoms with E-state index in [1.165, 1.54) is 42.3 Å². The molecule has 0 spiro atoms. The number of nitrogens with two attached hydrogens (primary N) is 1. The molecule has 60 heavy (non-hydrogen) atoms. The topological polar surface area (TPSA) is 270 Å². The van der Waals surface area contributed by atoms with E-state index in [-0.39, 0.29) is 34.0 Å². The predicted octanol–water partition coefficient (Wildman–Crippen LogP) is 3.62. The Morgan fingerprint density at radius 3 is 2.25 bits per heavy atom. The van der Waals surface area contributed by atoms with E-state index in [0.29, 0.717) is 27.3 Å². The quantitative estimate of drug-likeness (QED) is 0.114. The van der Waals surface area contributed by atoms with Gasteiger partial charge in [0.1, 0.15) is 47.8 Å². The second-order valence-corrected chi connectivity index (χ2v) is 18.7. The molecule has 3 saturated heterocycles. The van der Waals surface area contributed by atoms with Gasteiger partial charge >= 0.3 is 26.3 Å². The number of fused-ring (bicyclic) bond motifs is 5. The van der Waals surface area contributed by atoms with Gasteiger partial charge in [0, 0.05) is 18.0 Å². The van der Waals surface area contributed by atoms with Crippen LogP contribution in [0, 0.1) is 0 Å². The monoisotopic (exact) mass is 895 g/mol. The summed E-state index contributed by atoms with van der Waals surface area (Å²) in [6, 6.07) is 13.3. The van der Waals surface area contributed by atoms with Crippen LogP contribution in [0.1, 0.15) is 28.4 Å². The molecule has 4 bridgehead atoms. The van der Waals surface area contributed by atoms with E-state index < -0.39 is 94.3 Å². The third-order valence-corrected chi connectivity index (χ3v) is 14.1.